The highest BCUT2D eigenvalue weighted by Crippen LogP contribution is 2.41. The zero-order valence-electron chi connectivity index (χ0n) is 19.1. The number of nitrogens with one attached hydrogen (secondary N) is 2. The van der Waals surface area contributed by atoms with E-state index in [0.717, 1.165) is 33.6 Å². The maximum atomic E-state index is 13.9. The number of aryl methyl sites for hydroxylation is 1. The van der Waals surface area contributed by atoms with Gasteiger partial charge in [0.25, 0.3) is 5.91 Å². The Balaban J connectivity index is 1.52. The standard InChI is InChI=1S/C27H26FN3O3/c1-15-21(13-25(33)31-10-9-19(32)14-31)16(2)29-24(15)12-22-26-20(17-5-3-6-18(28)11-17)7-4-8-23(26)30-27(22)34/h3-8,11-12,19,29,32H,9-10,13-14H2,1-2H3,(H,30,34)/b22-12-/t19-/m0/s1. The summed E-state index contributed by atoms with van der Waals surface area (Å²) in [5.74, 6) is -0.582. The SMILES string of the molecule is Cc1[nH]c(/C=C2\C(=O)Nc3cccc(-c4cccc(F)c4)c32)c(C)c1CC(=O)N1CC[C@H](O)C1. The Morgan fingerprint density at radius 3 is 2.76 bits per heavy atom. The molecule has 3 heterocycles. The minimum atomic E-state index is -0.453. The molecular weight excluding hydrogens is 433 g/mol. The number of aliphatic hydroxyl groups excluding tert-OH is 1. The van der Waals surface area contributed by atoms with E-state index in [1.54, 1.807) is 17.0 Å². The van der Waals surface area contributed by atoms with Crippen molar-refractivity contribution in [2.45, 2.75) is 32.8 Å². The van der Waals surface area contributed by atoms with Crippen LogP contribution in [0.1, 0.15) is 34.5 Å². The van der Waals surface area contributed by atoms with Crippen molar-refractivity contribution in [1.82, 2.24) is 9.88 Å². The molecule has 2 amide bonds. The first kappa shape index (κ1) is 22.1. The number of hydrogen-bond acceptors (Lipinski definition) is 3. The van der Waals surface area contributed by atoms with Crippen molar-refractivity contribution in [3.05, 3.63) is 76.4 Å². The van der Waals surface area contributed by atoms with E-state index in [0.29, 0.717) is 36.3 Å². The van der Waals surface area contributed by atoms with Crippen LogP contribution in [-0.2, 0) is 16.0 Å². The molecule has 6 nitrogen and oxygen atoms in total. The van der Waals surface area contributed by atoms with Crippen LogP contribution in [-0.4, -0.2) is 46.0 Å². The number of amides is 2. The molecule has 2 aliphatic heterocycles. The van der Waals surface area contributed by atoms with Crippen LogP contribution in [0.3, 0.4) is 0 Å². The van der Waals surface area contributed by atoms with Gasteiger partial charge in [-0.3, -0.25) is 9.59 Å². The number of hydrogen-bond donors (Lipinski definition) is 3. The number of benzene rings is 2. The second-order valence-corrected chi connectivity index (χ2v) is 8.98. The number of anilines is 1. The summed E-state index contributed by atoms with van der Waals surface area (Å²) >= 11 is 0. The zero-order valence-corrected chi connectivity index (χ0v) is 19.1. The molecule has 0 aliphatic carbocycles. The van der Waals surface area contributed by atoms with Crippen molar-refractivity contribution in [2.24, 2.45) is 0 Å². The van der Waals surface area contributed by atoms with Gasteiger partial charge in [0.15, 0.2) is 0 Å². The molecule has 2 aromatic carbocycles. The molecule has 0 radical (unpaired) electrons. The molecule has 5 rings (SSSR count). The molecule has 1 atom stereocenters. The van der Waals surface area contributed by atoms with E-state index >= 15 is 0 Å². The monoisotopic (exact) mass is 459 g/mol. The van der Waals surface area contributed by atoms with Gasteiger partial charge in [-0.2, -0.15) is 0 Å². The number of nitrogens with zero attached hydrogens (tertiary/aromatic N) is 1. The van der Waals surface area contributed by atoms with Gasteiger partial charge in [-0.25, -0.2) is 4.39 Å². The molecule has 3 aromatic rings. The highest BCUT2D eigenvalue weighted by atomic mass is 19.1. The van der Waals surface area contributed by atoms with Crippen LogP contribution in [0.25, 0.3) is 22.8 Å². The average molecular weight is 460 g/mol. The van der Waals surface area contributed by atoms with E-state index in [4.69, 9.17) is 0 Å². The third-order valence-electron chi connectivity index (χ3n) is 6.73. The van der Waals surface area contributed by atoms with Gasteiger partial charge < -0.3 is 20.3 Å². The lowest BCUT2D eigenvalue weighted by atomic mass is 9.94. The first-order valence-electron chi connectivity index (χ1n) is 11.4. The molecule has 0 bridgehead atoms. The first-order valence-corrected chi connectivity index (χ1v) is 11.4. The summed E-state index contributed by atoms with van der Waals surface area (Å²) in [6, 6.07) is 11.9. The Hall–Kier alpha value is -3.71. The van der Waals surface area contributed by atoms with Crippen LogP contribution in [0.5, 0.6) is 0 Å². The molecule has 0 saturated carbocycles. The minimum Gasteiger partial charge on any atom is -0.391 e. The predicted molar refractivity (Wildman–Crippen MR) is 130 cm³/mol. The number of likely N-dealkylation sites (tertiary alicyclic amines) is 1. The maximum absolute atomic E-state index is 13.9. The summed E-state index contributed by atoms with van der Waals surface area (Å²) in [6.45, 7) is 4.79. The number of H-pyrrole nitrogens is 1. The third-order valence-corrected chi connectivity index (χ3v) is 6.73. The van der Waals surface area contributed by atoms with Crippen LogP contribution in [0.2, 0.25) is 0 Å². The topological polar surface area (TPSA) is 85.4 Å². The Kier molecular flexibility index (Phi) is 5.57. The molecule has 0 spiro atoms. The molecular formula is C27H26FN3O3. The van der Waals surface area contributed by atoms with Gasteiger partial charge in [-0.05, 0) is 66.8 Å². The minimum absolute atomic E-state index is 0.0155. The van der Waals surface area contributed by atoms with E-state index in [1.807, 2.05) is 38.1 Å². The highest BCUT2D eigenvalue weighted by Gasteiger charge is 2.29. The zero-order chi connectivity index (χ0) is 24.0. The summed E-state index contributed by atoms with van der Waals surface area (Å²) in [4.78, 5) is 30.7. The summed E-state index contributed by atoms with van der Waals surface area (Å²) < 4.78 is 13.9. The lowest BCUT2D eigenvalue weighted by molar-refractivity contribution is -0.129. The summed E-state index contributed by atoms with van der Waals surface area (Å²) in [6.07, 6.45) is 2.20. The third kappa shape index (κ3) is 3.92. The van der Waals surface area contributed by atoms with Crippen LogP contribution in [0, 0.1) is 19.7 Å². The van der Waals surface area contributed by atoms with Crippen LogP contribution in [0.4, 0.5) is 10.1 Å². The molecule has 7 heteroatoms. The Labute approximate surface area is 197 Å². The van der Waals surface area contributed by atoms with Crippen LogP contribution >= 0.6 is 0 Å². The van der Waals surface area contributed by atoms with Crippen molar-refractivity contribution >= 4 is 29.2 Å². The number of rotatable bonds is 4. The first-order chi connectivity index (χ1) is 16.3. The van der Waals surface area contributed by atoms with Gasteiger partial charge in [-0.1, -0.05) is 24.3 Å². The lowest BCUT2D eigenvalue weighted by Gasteiger charge is -2.15. The fraction of sp³-hybridized carbons (Fsp3) is 0.259. The van der Waals surface area contributed by atoms with E-state index < -0.39 is 6.10 Å². The fourth-order valence-electron chi connectivity index (χ4n) is 4.88. The molecule has 34 heavy (non-hydrogen) atoms. The van der Waals surface area contributed by atoms with Crippen molar-refractivity contribution in [1.29, 1.82) is 0 Å². The van der Waals surface area contributed by atoms with Gasteiger partial charge in [0, 0.05) is 35.7 Å². The lowest BCUT2D eigenvalue weighted by Crippen LogP contribution is -2.31. The van der Waals surface area contributed by atoms with Gasteiger partial charge in [0.05, 0.1) is 18.1 Å². The normalized spacial score (nSPS) is 18.5. The second-order valence-electron chi connectivity index (χ2n) is 8.98. The smallest absolute Gasteiger partial charge is 0.256 e. The van der Waals surface area contributed by atoms with E-state index in [1.165, 1.54) is 12.1 Å². The number of halogens is 1. The maximum Gasteiger partial charge on any atom is 0.256 e. The van der Waals surface area contributed by atoms with Crippen molar-refractivity contribution in [3.63, 3.8) is 0 Å². The molecule has 0 unspecified atom stereocenters. The Morgan fingerprint density at radius 2 is 2.03 bits per heavy atom. The van der Waals surface area contributed by atoms with Gasteiger partial charge in [-0.15, -0.1) is 0 Å². The summed E-state index contributed by atoms with van der Waals surface area (Å²) in [5.41, 5.74) is 6.79. The van der Waals surface area contributed by atoms with E-state index in [2.05, 4.69) is 10.3 Å². The number of β-amino-alcohol motifs (C(OH)–C–C–N with tert-alkyl or cyclic N) is 1. The number of aliphatic hydroxyl groups is 1. The molecule has 1 saturated heterocycles. The average Bonchev–Trinajstić information content (AvgIpc) is 3.46. The molecule has 2 aliphatic rings. The van der Waals surface area contributed by atoms with Gasteiger partial charge in [0.1, 0.15) is 5.82 Å². The highest BCUT2D eigenvalue weighted by molar-refractivity contribution is 6.36. The van der Waals surface area contributed by atoms with Crippen molar-refractivity contribution < 1.29 is 19.1 Å². The quantitative estimate of drug-likeness (QED) is 0.514. The number of aromatic nitrogens is 1. The molecule has 174 valence electrons. The number of fused-ring (bicyclic) bond motifs is 1. The molecule has 1 aromatic heterocycles. The fourth-order valence-corrected chi connectivity index (χ4v) is 4.88. The van der Waals surface area contributed by atoms with Crippen molar-refractivity contribution in [2.75, 3.05) is 18.4 Å². The van der Waals surface area contributed by atoms with E-state index in [-0.39, 0.29) is 24.1 Å². The van der Waals surface area contributed by atoms with Gasteiger partial charge in [0.2, 0.25) is 5.91 Å². The Bertz CT molecular complexity index is 1340. The van der Waals surface area contributed by atoms with Crippen molar-refractivity contribution in [3.8, 4) is 11.1 Å². The van der Waals surface area contributed by atoms with E-state index in [9.17, 15) is 19.1 Å². The second kappa shape index (κ2) is 8.57. The summed E-state index contributed by atoms with van der Waals surface area (Å²) in [5, 5.41) is 12.7. The van der Waals surface area contributed by atoms with Gasteiger partial charge >= 0.3 is 0 Å². The number of carbonyl (C=O) groups excluding carboxylic acids is 2. The molecule has 1 fully saturated rings. The summed E-state index contributed by atoms with van der Waals surface area (Å²) in [7, 11) is 0. The van der Waals surface area contributed by atoms with Crippen LogP contribution < -0.4 is 5.32 Å². The number of aromatic amines is 1. The Morgan fingerprint density at radius 1 is 1.24 bits per heavy atom. The van der Waals surface area contributed by atoms with Crippen LogP contribution in [0.15, 0.2) is 42.5 Å². The number of carbonyl (C=O) groups is 2. The molecule has 3 N–H and O–H groups in total. The largest absolute Gasteiger partial charge is 0.391 e. The predicted octanol–water partition coefficient (Wildman–Crippen LogP) is 4.07.